The van der Waals surface area contributed by atoms with Crippen LogP contribution in [-0.4, -0.2) is 21.9 Å². The number of aryl methyl sites for hydroxylation is 1. The molecular formula is C16H25O4PS. The van der Waals surface area contributed by atoms with Crippen molar-refractivity contribution in [2.45, 2.75) is 50.4 Å². The van der Waals surface area contributed by atoms with Gasteiger partial charge >= 0.3 is 7.60 Å². The van der Waals surface area contributed by atoms with E-state index in [-0.39, 0.29) is 18.6 Å². The van der Waals surface area contributed by atoms with Gasteiger partial charge in [0.2, 0.25) is 0 Å². The van der Waals surface area contributed by atoms with Crippen LogP contribution in [0.15, 0.2) is 29.2 Å². The minimum Gasteiger partial charge on any atom is -0.308 e. The minimum absolute atomic E-state index is 0.278. The number of benzene rings is 1. The van der Waals surface area contributed by atoms with Crippen LogP contribution in [0.25, 0.3) is 0 Å². The van der Waals surface area contributed by atoms with E-state index in [9.17, 15) is 8.77 Å². The second kappa shape index (κ2) is 6.20. The predicted octanol–water partition coefficient (Wildman–Crippen LogP) is 4.49. The maximum atomic E-state index is 13.4. The smallest absolute Gasteiger partial charge is 0.308 e. The van der Waals surface area contributed by atoms with Gasteiger partial charge in [0.15, 0.2) is 4.49 Å². The van der Waals surface area contributed by atoms with Crippen LogP contribution in [0.2, 0.25) is 0 Å². The lowest BCUT2D eigenvalue weighted by molar-refractivity contribution is 0.213. The summed E-state index contributed by atoms with van der Waals surface area (Å²) in [5.74, 6) is 0. The second-order valence-electron chi connectivity index (χ2n) is 6.26. The topological polar surface area (TPSA) is 52.6 Å². The number of hydrogen-bond acceptors (Lipinski definition) is 4. The molecule has 124 valence electrons. The maximum absolute atomic E-state index is 13.4. The van der Waals surface area contributed by atoms with Crippen LogP contribution in [-0.2, 0) is 24.4 Å². The van der Waals surface area contributed by atoms with Gasteiger partial charge < -0.3 is 9.05 Å². The zero-order valence-corrected chi connectivity index (χ0v) is 15.6. The molecule has 0 amide bonds. The van der Waals surface area contributed by atoms with Crippen LogP contribution in [0, 0.1) is 12.3 Å². The third-order valence-electron chi connectivity index (χ3n) is 4.20. The Balaban J connectivity index is 2.47. The minimum atomic E-state index is -3.47. The van der Waals surface area contributed by atoms with Crippen LogP contribution in [0.5, 0.6) is 0 Å². The Kier molecular flexibility index (Phi) is 5.03. The fourth-order valence-electron chi connectivity index (χ4n) is 2.88. The van der Waals surface area contributed by atoms with Crippen LogP contribution in [0.3, 0.4) is 0 Å². The van der Waals surface area contributed by atoms with E-state index >= 15 is 0 Å². The van der Waals surface area contributed by atoms with Crippen molar-refractivity contribution in [2.75, 3.05) is 13.2 Å². The van der Waals surface area contributed by atoms with Crippen molar-refractivity contribution in [1.82, 2.24) is 0 Å². The molecule has 1 aromatic carbocycles. The molecule has 0 bridgehead atoms. The Morgan fingerprint density at radius 1 is 1.14 bits per heavy atom. The number of hydrogen-bond donors (Lipinski definition) is 0. The third kappa shape index (κ3) is 2.73. The van der Waals surface area contributed by atoms with Crippen LogP contribution < -0.4 is 0 Å². The molecule has 2 unspecified atom stereocenters. The average Bonchev–Trinajstić information content (AvgIpc) is 3.04. The first-order valence-electron chi connectivity index (χ1n) is 7.62. The lowest BCUT2D eigenvalue weighted by atomic mass is 10.2. The van der Waals surface area contributed by atoms with Crippen LogP contribution in [0.4, 0.5) is 0 Å². The Morgan fingerprint density at radius 3 is 1.95 bits per heavy atom. The zero-order valence-electron chi connectivity index (χ0n) is 13.9. The zero-order chi connectivity index (χ0) is 16.6. The molecule has 2 atom stereocenters. The molecule has 1 saturated carbocycles. The molecule has 0 radical (unpaired) electrons. The summed E-state index contributed by atoms with van der Waals surface area (Å²) in [4.78, 5) is 0.677. The van der Waals surface area contributed by atoms with Gasteiger partial charge in [0, 0.05) is 4.90 Å². The van der Waals surface area contributed by atoms with Crippen molar-refractivity contribution in [2.24, 2.45) is 5.41 Å². The predicted molar refractivity (Wildman–Crippen MR) is 89.6 cm³/mol. The molecule has 1 aliphatic carbocycles. The van der Waals surface area contributed by atoms with Gasteiger partial charge in [-0.15, -0.1) is 0 Å². The molecule has 0 heterocycles. The first kappa shape index (κ1) is 17.9. The van der Waals surface area contributed by atoms with E-state index in [2.05, 4.69) is 0 Å². The average molecular weight is 344 g/mol. The molecule has 0 spiro atoms. The Bertz CT molecular complexity index is 601. The quantitative estimate of drug-likeness (QED) is 0.684. The van der Waals surface area contributed by atoms with Gasteiger partial charge in [-0.1, -0.05) is 31.5 Å². The normalized spacial score (nSPS) is 25.0. The largest absolute Gasteiger partial charge is 0.350 e. The van der Waals surface area contributed by atoms with Crippen molar-refractivity contribution < 1.29 is 17.8 Å². The monoisotopic (exact) mass is 344 g/mol. The summed E-state index contributed by atoms with van der Waals surface area (Å²) in [6, 6.07) is 7.51. The van der Waals surface area contributed by atoms with Crippen molar-refractivity contribution in [1.29, 1.82) is 0 Å². The van der Waals surface area contributed by atoms with Crippen molar-refractivity contribution in [3.63, 3.8) is 0 Å². The molecule has 0 saturated heterocycles. The fraction of sp³-hybridized carbons (Fsp3) is 0.625. The van der Waals surface area contributed by atoms with Gasteiger partial charge in [-0.3, -0.25) is 8.77 Å². The highest BCUT2D eigenvalue weighted by Gasteiger charge is 2.77. The van der Waals surface area contributed by atoms with E-state index in [0.717, 1.165) is 5.56 Å². The summed E-state index contributed by atoms with van der Waals surface area (Å²) in [7, 11) is -4.91. The van der Waals surface area contributed by atoms with Gasteiger partial charge in [0.05, 0.1) is 24.0 Å². The molecule has 0 aliphatic heterocycles. The summed E-state index contributed by atoms with van der Waals surface area (Å²) < 4.78 is 36.7. The molecule has 1 aromatic rings. The SMILES string of the molecule is CCOP(=O)(OCC)C1(S(=O)c2ccc(C)cc2)CC1(C)C. The van der Waals surface area contributed by atoms with Crippen LogP contribution >= 0.6 is 7.60 Å². The summed E-state index contributed by atoms with van der Waals surface area (Å²) in [5.41, 5.74) is 0.755. The van der Waals surface area contributed by atoms with E-state index < -0.39 is 22.9 Å². The van der Waals surface area contributed by atoms with E-state index in [4.69, 9.17) is 9.05 Å². The summed E-state index contributed by atoms with van der Waals surface area (Å²) in [5, 5.41) is 0. The molecule has 1 fully saturated rings. The summed E-state index contributed by atoms with van der Waals surface area (Å²) in [6.45, 7) is 10.1. The standard InChI is InChI=1S/C16H25O4PS/c1-6-19-21(17,20-7-2)16(12-15(16,4)5)22(18)14-10-8-13(3)9-11-14/h8-11H,6-7,12H2,1-5H3. The van der Waals surface area contributed by atoms with Gasteiger partial charge in [0.1, 0.15) is 0 Å². The molecular weight excluding hydrogens is 319 g/mol. The molecule has 22 heavy (non-hydrogen) atoms. The molecule has 1 aliphatic rings. The molecule has 0 aromatic heterocycles. The van der Waals surface area contributed by atoms with Gasteiger partial charge in [-0.25, -0.2) is 0 Å². The van der Waals surface area contributed by atoms with Crippen molar-refractivity contribution in [3.8, 4) is 0 Å². The van der Waals surface area contributed by atoms with E-state index in [1.807, 2.05) is 45.0 Å². The Labute approximate surface area is 135 Å². The van der Waals surface area contributed by atoms with E-state index in [0.29, 0.717) is 11.3 Å². The van der Waals surface area contributed by atoms with E-state index in [1.165, 1.54) is 0 Å². The molecule has 0 N–H and O–H groups in total. The van der Waals surface area contributed by atoms with Crippen molar-refractivity contribution >= 4 is 18.4 Å². The van der Waals surface area contributed by atoms with Gasteiger partial charge in [-0.2, -0.15) is 0 Å². The summed E-state index contributed by atoms with van der Waals surface area (Å²) >= 11 is 0. The van der Waals surface area contributed by atoms with Crippen molar-refractivity contribution in [3.05, 3.63) is 29.8 Å². The summed E-state index contributed by atoms with van der Waals surface area (Å²) in [6.07, 6.45) is 0.567. The van der Waals surface area contributed by atoms with E-state index in [1.54, 1.807) is 13.8 Å². The lowest BCUT2D eigenvalue weighted by Gasteiger charge is -2.28. The Hall–Kier alpha value is -0.480. The van der Waals surface area contributed by atoms with Gasteiger partial charge in [0.25, 0.3) is 0 Å². The Morgan fingerprint density at radius 2 is 1.59 bits per heavy atom. The highest BCUT2D eigenvalue weighted by atomic mass is 32.2. The molecule has 4 nitrogen and oxygen atoms in total. The molecule has 6 heteroatoms. The maximum Gasteiger partial charge on any atom is 0.350 e. The second-order valence-corrected chi connectivity index (χ2v) is 10.5. The fourth-order valence-corrected chi connectivity index (χ4v) is 8.60. The highest BCUT2D eigenvalue weighted by molar-refractivity contribution is 7.95. The molecule has 2 rings (SSSR count). The lowest BCUT2D eigenvalue weighted by Crippen LogP contribution is -2.26. The van der Waals surface area contributed by atoms with Crippen LogP contribution in [0.1, 0.15) is 39.7 Å². The van der Waals surface area contributed by atoms with Gasteiger partial charge in [-0.05, 0) is 44.7 Å². The first-order valence-corrected chi connectivity index (χ1v) is 10.3. The first-order chi connectivity index (χ1) is 10.2. The highest BCUT2D eigenvalue weighted by Crippen LogP contribution is 2.81. The third-order valence-corrected chi connectivity index (χ3v) is 10.2. The number of rotatable bonds is 7.